The van der Waals surface area contributed by atoms with Crippen molar-refractivity contribution in [3.8, 4) is 11.5 Å². The summed E-state index contributed by atoms with van der Waals surface area (Å²) in [5, 5.41) is 15.4. The van der Waals surface area contributed by atoms with Crippen molar-refractivity contribution in [3.05, 3.63) is 82.5 Å². The molecular formula is C25H24N4O7S. The standard InChI is InChI=1S/C25H24N4O7S/c1-4-28-23(25(30)27-37(33,34)19-10-8-17(35-2)9-11-19)15-20-21(12-13-22(24(20)28)29(31)32)26-16-6-5-7-18(14-16)36-3/h5-15,26H,4H2,1-3H3,(H,27,30). The molecule has 0 saturated carbocycles. The summed E-state index contributed by atoms with van der Waals surface area (Å²) in [5.74, 6) is 0.147. The summed E-state index contributed by atoms with van der Waals surface area (Å²) >= 11 is 0. The van der Waals surface area contributed by atoms with Gasteiger partial charge in [-0.05, 0) is 55.5 Å². The maximum Gasteiger partial charge on any atom is 0.293 e. The first-order valence-electron chi connectivity index (χ1n) is 11.1. The summed E-state index contributed by atoms with van der Waals surface area (Å²) < 4.78 is 39.5. The van der Waals surface area contributed by atoms with Gasteiger partial charge in [0.1, 0.15) is 22.7 Å². The Morgan fingerprint density at radius 3 is 2.32 bits per heavy atom. The molecule has 0 aliphatic carbocycles. The molecule has 0 unspecified atom stereocenters. The Hall–Kier alpha value is -4.58. The van der Waals surface area contributed by atoms with Crippen LogP contribution in [0, 0.1) is 10.1 Å². The molecular weight excluding hydrogens is 500 g/mol. The lowest BCUT2D eigenvalue weighted by atomic mass is 10.1. The predicted molar refractivity (Wildman–Crippen MR) is 138 cm³/mol. The Bertz CT molecular complexity index is 1600. The molecule has 4 rings (SSSR count). The molecule has 0 saturated heterocycles. The van der Waals surface area contributed by atoms with Crippen LogP contribution in [0.2, 0.25) is 0 Å². The number of nitro benzene ring substituents is 1. The minimum atomic E-state index is -4.22. The normalized spacial score (nSPS) is 11.2. The van der Waals surface area contributed by atoms with Crippen LogP contribution >= 0.6 is 0 Å². The van der Waals surface area contributed by atoms with Crippen LogP contribution in [0.5, 0.6) is 11.5 Å². The summed E-state index contributed by atoms with van der Waals surface area (Å²) in [6.45, 7) is 1.89. The van der Waals surface area contributed by atoms with Crippen molar-refractivity contribution < 1.29 is 27.6 Å². The number of aryl methyl sites for hydroxylation is 1. The zero-order chi connectivity index (χ0) is 26.7. The smallest absolute Gasteiger partial charge is 0.293 e. The SMILES string of the molecule is CCn1c(C(=O)NS(=O)(=O)c2ccc(OC)cc2)cc2c(Nc3cccc(OC)c3)ccc([N+](=O)[O-])c21. The maximum absolute atomic E-state index is 13.2. The van der Waals surface area contributed by atoms with Crippen LogP contribution in [-0.4, -0.2) is 38.0 Å². The number of sulfonamides is 1. The minimum absolute atomic E-state index is 0.0439. The number of benzene rings is 3. The Kier molecular flexibility index (Phi) is 7.02. The number of carbonyl (C=O) groups is 1. The van der Waals surface area contributed by atoms with E-state index in [1.165, 1.54) is 61.3 Å². The molecule has 192 valence electrons. The van der Waals surface area contributed by atoms with E-state index in [9.17, 15) is 23.3 Å². The average Bonchev–Trinajstić information content (AvgIpc) is 3.29. The fraction of sp³-hybridized carbons (Fsp3) is 0.160. The summed E-state index contributed by atoms with van der Waals surface area (Å²) in [7, 11) is -1.23. The van der Waals surface area contributed by atoms with Gasteiger partial charge >= 0.3 is 0 Å². The summed E-state index contributed by atoms with van der Waals surface area (Å²) in [6.07, 6.45) is 0. The molecule has 12 heteroatoms. The summed E-state index contributed by atoms with van der Waals surface area (Å²) in [5.41, 5.74) is 1.08. The van der Waals surface area contributed by atoms with Crippen LogP contribution in [0.25, 0.3) is 10.9 Å². The molecule has 1 aromatic heterocycles. The van der Waals surface area contributed by atoms with E-state index in [1.807, 2.05) is 0 Å². The number of fused-ring (bicyclic) bond motifs is 1. The number of nitrogens with one attached hydrogen (secondary N) is 2. The van der Waals surface area contributed by atoms with Gasteiger partial charge in [0.05, 0.1) is 24.0 Å². The molecule has 1 amide bonds. The van der Waals surface area contributed by atoms with E-state index in [1.54, 1.807) is 31.2 Å². The lowest BCUT2D eigenvalue weighted by molar-refractivity contribution is -0.383. The number of rotatable bonds is 9. The number of nitro groups is 1. The van der Waals surface area contributed by atoms with Gasteiger partial charge in [0.15, 0.2) is 0 Å². The van der Waals surface area contributed by atoms with E-state index in [2.05, 4.69) is 10.0 Å². The van der Waals surface area contributed by atoms with Crippen LogP contribution in [0.1, 0.15) is 17.4 Å². The molecule has 0 bridgehead atoms. The van der Waals surface area contributed by atoms with Gasteiger partial charge in [-0.15, -0.1) is 0 Å². The third-order valence-electron chi connectivity index (χ3n) is 5.73. The third-order valence-corrected chi connectivity index (χ3v) is 7.08. The van der Waals surface area contributed by atoms with Gasteiger partial charge in [-0.2, -0.15) is 0 Å². The first-order valence-corrected chi connectivity index (χ1v) is 12.6. The molecule has 0 fully saturated rings. The van der Waals surface area contributed by atoms with Gasteiger partial charge in [0.2, 0.25) is 0 Å². The highest BCUT2D eigenvalue weighted by Gasteiger charge is 2.27. The zero-order valence-electron chi connectivity index (χ0n) is 20.2. The fourth-order valence-corrected chi connectivity index (χ4v) is 4.94. The van der Waals surface area contributed by atoms with E-state index in [4.69, 9.17) is 9.47 Å². The summed E-state index contributed by atoms with van der Waals surface area (Å²) in [6, 6.07) is 17.0. The quantitative estimate of drug-likeness (QED) is 0.242. The Labute approximate surface area is 212 Å². The molecule has 0 radical (unpaired) electrons. The highest BCUT2D eigenvalue weighted by Crippen LogP contribution is 2.36. The number of hydrogen-bond acceptors (Lipinski definition) is 8. The van der Waals surface area contributed by atoms with Crippen molar-refractivity contribution in [2.24, 2.45) is 0 Å². The number of methoxy groups -OCH3 is 2. The number of ether oxygens (including phenoxy) is 2. The molecule has 4 aromatic rings. The third kappa shape index (κ3) is 5.05. The zero-order valence-corrected chi connectivity index (χ0v) is 21.0. The lowest BCUT2D eigenvalue weighted by Gasteiger charge is -2.11. The van der Waals surface area contributed by atoms with Crippen molar-refractivity contribution in [2.45, 2.75) is 18.4 Å². The van der Waals surface area contributed by atoms with Gasteiger partial charge in [0.25, 0.3) is 21.6 Å². The Morgan fingerprint density at radius 1 is 1.00 bits per heavy atom. The first-order chi connectivity index (χ1) is 17.7. The second-order valence-electron chi connectivity index (χ2n) is 7.89. The molecule has 37 heavy (non-hydrogen) atoms. The minimum Gasteiger partial charge on any atom is -0.497 e. The number of carbonyl (C=O) groups excluding carboxylic acids is 1. The average molecular weight is 525 g/mol. The van der Waals surface area contributed by atoms with E-state index in [-0.39, 0.29) is 28.3 Å². The molecule has 0 aliphatic rings. The predicted octanol–water partition coefficient (Wildman–Crippen LogP) is 4.45. The van der Waals surface area contributed by atoms with E-state index in [0.717, 1.165) is 0 Å². The number of nitrogens with zero attached hydrogens (tertiary/aromatic N) is 2. The Balaban J connectivity index is 1.79. The second-order valence-corrected chi connectivity index (χ2v) is 9.57. The molecule has 3 aromatic carbocycles. The number of hydrogen-bond donors (Lipinski definition) is 2. The van der Waals surface area contributed by atoms with E-state index in [0.29, 0.717) is 28.3 Å². The van der Waals surface area contributed by atoms with Gasteiger partial charge in [-0.3, -0.25) is 14.9 Å². The van der Waals surface area contributed by atoms with E-state index < -0.39 is 20.9 Å². The van der Waals surface area contributed by atoms with Crippen molar-refractivity contribution in [3.63, 3.8) is 0 Å². The van der Waals surface area contributed by atoms with E-state index >= 15 is 0 Å². The van der Waals surface area contributed by atoms with Crippen LogP contribution in [-0.2, 0) is 16.6 Å². The topological polar surface area (TPSA) is 142 Å². The van der Waals surface area contributed by atoms with Gasteiger partial charge in [0, 0.05) is 35.4 Å². The van der Waals surface area contributed by atoms with Gasteiger partial charge in [-0.25, -0.2) is 13.1 Å². The summed E-state index contributed by atoms with van der Waals surface area (Å²) in [4.78, 5) is 24.4. The number of non-ortho nitro benzene ring substituents is 1. The molecule has 0 spiro atoms. The second kappa shape index (κ2) is 10.2. The Morgan fingerprint density at radius 2 is 1.70 bits per heavy atom. The number of amides is 1. The largest absolute Gasteiger partial charge is 0.497 e. The monoisotopic (exact) mass is 524 g/mol. The van der Waals surface area contributed by atoms with Gasteiger partial charge < -0.3 is 19.4 Å². The number of aromatic nitrogens is 1. The molecule has 2 N–H and O–H groups in total. The number of anilines is 2. The van der Waals surface area contributed by atoms with Gasteiger partial charge in [-0.1, -0.05) is 6.07 Å². The van der Waals surface area contributed by atoms with Crippen molar-refractivity contribution in [2.75, 3.05) is 19.5 Å². The molecule has 11 nitrogen and oxygen atoms in total. The van der Waals surface area contributed by atoms with Crippen molar-refractivity contribution in [1.82, 2.24) is 9.29 Å². The van der Waals surface area contributed by atoms with Crippen LogP contribution in [0.15, 0.2) is 71.6 Å². The highest BCUT2D eigenvalue weighted by molar-refractivity contribution is 7.90. The fourth-order valence-electron chi connectivity index (χ4n) is 3.98. The van der Waals surface area contributed by atoms with Crippen LogP contribution < -0.4 is 19.5 Å². The molecule has 0 aliphatic heterocycles. The molecule has 1 heterocycles. The maximum atomic E-state index is 13.2. The van der Waals surface area contributed by atoms with Crippen molar-refractivity contribution in [1.29, 1.82) is 0 Å². The first kappa shape index (κ1) is 25.5. The van der Waals surface area contributed by atoms with Crippen LogP contribution in [0.4, 0.5) is 17.1 Å². The molecule has 0 atom stereocenters. The lowest BCUT2D eigenvalue weighted by Crippen LogP contribution is -2.32. The van der Waals surface area contributed by atoms with Crippen molar-refractivity contribution >= 4 is 43.9 Å². The highest BCUT2D eigenvalue weighted by atomic mass is 32.2. The van der Waals surface area contributed by atoms with Crippen LogP contribution in [0.3, 0.4) is 0 Å².